The molecule has 4 rings (SSSR count). The first-order chi connectivity index (χ1) is 15.0. The van der Waals surface area contributed by atoms with E-state index in [-0.39, 0.29) is 18.6 Å². The van der Waals surface area contributed by atoms with E-state index >= 15 is 0 Å². The summed E-state index contributed by atoms with van der Waals surface area (Å²) >= 11 is 0. The summed E-state index contributed by atoms with van der Waals surface area (Å²) in [6.45, 7) is 7.74. The molecule has 0 spiro atoms. The third kappa shape index (κ3) is 4.26. The van der Waals surface area contributed by atoms with Gasteiger partial charge in [-0.15, -0.1) is 0 Å². The largest absolute Gasteiger partial charge is 0.492 e. The van der Waals surface area contributed by atoms with Gasteiger partial charge in [-0.25, -0.2) is 9.69 Å². The van der Waals surface area contributed by atoms with Crippen molar-refractivity contribution in [2.45, 2.75) is 45.6 Å². The van der Waals surface area contributed by atoms with Crippen molar-refractivity contribution in [1.82, 2.24) is 14.7 Å². The van der Waals surface area contributed by atoms with Crippen LogP contribution in [0.25, 0.3) is 0 Å². The Labute approximate surface area is 183 Å². The Morgan fingerprint density at radius 3 is 2.39 bits per heavy atom. The predicted octanol–water partition coefficient (Wildman–Crippen LogP) is 2.53. The summed E-state index contributed by atoms with van der Waals surface area (Å²) in [5, 5.41) is 0. The zero-order chi connectivity index (χ0) is 22.0. The molecule has 0 N–H and O–H groups in total. The van der Waals surface area contributed by atoms with Crippen LogP contribution in [0, 0.1) is 5.92 Å². The average Bonchev–Trinajstić information content (AvgIpc) is 2.99. The Hall–Kier alpha value is -2.61. The summed E-state index contributed by atoms with van der Waals surface area (Å²) in [7, 11) is 0. The monoisotopic (exact) mass is 428 g/mol. The predicted molar refractivity (Wildman–Crippen MR) is 117 cm³/mol. The van der Waals surface area contributed by atoms with Crippen LogP contribution in [0.15, 0.2) is 24.3 Å². The molecule has 1 aromatic carbocycles. The van der Waals surface area contributed by atoms with Crippen molar-refractivity contribution in [3.05, 3.63) is 24.3 Å². The van der Waals surface area contributed by atoms with Crippen molar-refractivity contribution < 1.29 is 19.1 Å². The van der Waals surface area contributed by atoms with E-state index in [0.717, 1.165) is 55.1 Å². The molecule has 0 aromatic heterocycles. The number of amides is 4. The average molecular weight is 429 g/mol. The van der Waals surface area contributed by atoms with Gasteiger partial charge in [0.2, 0.25) is 0 Å². The highest BCUT2D eigenvalue weighted by molar-refractivity contribution is 6.44. The molecule has 2 atom stereocenters. The molecule has 0 unspecified atom stereocenters. The standard InChI is InChI=1S/C23H32N4O4/c1-3-31-20-11-7-6-10-19(20)25-14-12-24(13-15-25)16-26-21(28)22(29)27(23(26)30)18-9-5-4-8-17(18)2/h6-7,10-11,17-18H,3-5,8-9,12-16H2,1-2H3/t17-,18+/m0/s1. The third-order valence-corrected chi connectivity index (χ3v) is 6.70. The van der Waals surface area contributed by atoms with Crippen LogP contribution in [0.3, 0.4) is 0 Å². The molecule has 4 amide bonds. The molecular weight excluding hydrogens is 396 g/mol. The lowest BCUT2D eigenvalue weighted by molar-refractivity contribution is -0.145. The minimum atomic E-state index is -0.688. The number of imide groups is 2. The van der Waals surface area contributed by atoms with Crippen molar-refractivity contribution >= 4 is 23.5 Å². The highest BCUT2D eigenvalue weighted by Gasteiger charge is 2.49. The van der Waals surface area contributed by atoms with Gasteiger partial charge in [0, 0.05) is 32.2 Å². The number of nitrogens with zero attached hydrogens (tertiary/aromatic N) is 4. The second-order valence-corrected chi connectivity index (χ2v) is 8.67. The molecule has 2 aliphatic heterocycles. The van der Waals surface area contributed by atoms with Gasteiger partial charge in [-0.1, -0.05) is 31.9 Å². The van der Waals surface area contributed by atoms with Crippen molar-refractivity contribution in [3.63, 3.8) is 0 Å². The fourth-order valence-corrected chi connectivity index (χ4v) is 4.95. The van der Waals surface area contributed by atoms with Crippen molar-refractivity contribution in [3.8, 4) is 5.75 Å². The fraction of sp³-hybridized carbons (Fsp3) is 0.609. The van der Waals surface area contributed by atoms with Gasteiger partial charge in [0.1, 0.15) is 5.75 Å². The van der Waals surface area contributed by atoms with E-state index < -0.39 is 17.8 Å². The lowest BCUT2D eigenvalue weighted by atomic mass is 9.85. The van der Waals surface area contributed by atoms with Gasteiger partial charge in [0.05, 0.1) is 19.0 Å². The number of carbonyl (C=O) groups excluding carboxylic acids is 3. The molecule has 2 saturated heterocycles. The van der Waals surface area contributed by atoms with Crippen LogP contribution in [-0.4, -0.2) is 78.0 Å². The SMILES string of the molecule is CCOc1ccccc1N1CCN(CN2C(=O)C(=O)N([C@@H]3CCCC[C@@H]3C)C2=O)CC1. The van der Waals surface area contributed by atoms with Crippen molar-refractivity contribution in [2.24, 2.45) is 5.92 Å². The van der Waals surface area contributed by atoms with E-state index in [2.05, 4.69) is 22.8 Å². The molecule has 8 heteroatoms. The van der Waals surface area contributed by atoms with E-state index in [0.29, 0.717) is 19.7 Å². The molecule has 3 aliphatic rings. The number of carbonyl (C=O) groups is 3. The second-order valence-electron chi connectivity index (χ2n) is 8.67. The fourth-order valence-electron chi connectivity index (χ4n) is 4.95. The van der Waals surface area contributed by atoms with Crippen molar-refractivity contribution in [2.75, 3.05) is 44.4 Å². The summed E-state index contributed by atoms with van der Waals surface area (Å²) in [6.07, 6.45) is 3.88. The van der Waals surface area contributed by atoms with Gasteiger partial charge < -0.3 is 9.64 Å². The molecule has 0 radical (unpaired) electrons. The van der Waals surface area contributed by atoms with E-state index in [4.69, 9.17) is 4.74 Å². The quantitative estimate of drug-likeness (QED) is 0.512. The molecule has 1 saturated carbocycles. The van der Waals surface area contributed by atoms with Crippen LogP contribution in [0.4, 0.5) is 10.5 Å². The topological polar surface area (TPSA) is 73.4 Å². The number of piperazine rings is 1. The number of hydrogen-bond donors (Lipinski definition) is 0. The zero-order valence-electron chi connectivity index (χ0n) is 18.5. The number of benzene rings is 1. The van der Waals surface area contributed by atoms with E-state index in [1.54, 1.807) is 0 Å². The van der Waals surface area contributed by atoms with Gasteiger partial charge in [-0.05, 0) is 37.8 Å². The van der Waals surface area contributed by atoms with Crippen LogP contribution in [0.2, 0.25) is 0 Å². The highest BCUT2D eigenvalue weighted by atomic mass is 16.5. The molecule has 1 aromatic rings. The summed E-state index contributed by atoms with van der Waals surface area (Å²) < 4.78 is 5.75. The molecule has 1 aliphatic carbocycles. The van der Waals surface area contributed by atoms with Crippen molar-refractivity contribution in [1.29, 1.82) is 0 Å². The smallest absolute Gasteiger partial charge is 0.335 e. The van der Waals surface area contributed by atoms with Crippen LogP contribution in [0.5, 0.6) is 5.75 Å². The highest BCUT2D eigenvalue weighted by Crippen LogP contribution is 2.32. The number of ether oxygens (including phenoxy) is 1. The Morgan fingerprint density at radius 2 is 1.68 bits per heavy atom. The normalized spacial score (nSPS) is 25.5. The van der Waals surface area contributed by atoms with Gasteiger partial charge in [-0.3, -0.25) is 19.4 Å². The zero-order valence-corrected chi connectivity index (χ0v) is 18.5. The number of anilines is 1. The van der Waals surface area contributed by atoms with Crippen LogP contribution < -0.4 is 9.64 Å². The van der Waals surface area contributed by atoms with Crippen LogP contribution >= 0.6 is 0 Å². The van der Waals surface area contributed by atoms with Crippen LogP contribution in [0.1, 0.15) is 39.5 Å². The first kappa shape index (κ1) is 21.6. The minimum Gasteiger partial charge on any atom is -0.492 e. The molecule has 3 fully saturated rings. The number of urea groups is 1. The Kier molecular flexibility index (Phi) is 6.46. The third-order valence-electron chi connectivity index (χ3n) is 6.70. The molecule has 2 heterocycles. The summed E-state index contributed by atoms with van der Waals surface area (Å²) in [6, 6.07) is 7.38. The lowest BCUT2D eigenvalue weighted by Crippen LogP contribution is -2.52. The summed E-state index contributed by atoms with van der Waals surface area (Å²) in [5.74, 6) is -0.241. The minimum absolute atomic E-state index is 0.158. The molecule has 31 heavy (non-hydrogen) atoms. The van der Waals surface area contributed by atoms with Gasteiger partial charge in [0.15, 0.2) is 0 Å². The van der Waals surface area contributed by atoms with Gasteiger partial charge >= 0.3 is 17.8 Å². The Bertz CT molecular complexity index is 837. The molecule has 8 nitrogen and oxygen atoms in total. The second kappa shape index (κ2) is 9.26. The van der Waals surface area contributed by atoms with Gasteiger partial charge in [0.25, 0.3) is 0 Å². The van der Waals surface area contributed by atoms with Crippen LogP contribution in [-0.2, 0) is 9.59 Å². The molecular formula is C23H32N4O4. The van der Waals surface area contributed by atoms with E-state index in [1.165, 1.54) is 4.90 Å². The maximum atomic E-state index is 13.0. The van der Waals surface area contributed by atoms with E-state index in [1.807, 2.05) is 25.1 Å². The lowest BCUT2D eigenvalue weighted by Gasteiger charge is -2.38. The first-order valence-corrected chi connectivity index (χ1v) is 11.4. The maximum absolute atomic E-state index is 13.0. The summed E-state index contributed by atoms with van der Waals surface area (Å²) in [4.78, 5) is 44.9. The number of hydrogen-bond acceptors (Lipinski definition) is 6. The molecule has 168 valence electrons. The van der Waals surface area contributed by atoms with Gasteiger partial charge in [-0.2, -0.15) is 0 Å². The summed E-state index contributed by atoms with van der Waals surface area (Å²) in [5.41, 5.74) is 1.06. The maximum Gasteiger partial charge on any atom is 0.335 e. The number of para-hydroxylation sites is 2. The number of rotatable bonds is 6. The molecule has 0 bridgehead atoms. The Morgan fingerprint density at radius 1 is 0.968 bits per heavy atom. The Balaban J connectivity index is 1.38. The van der Waals surface area contributed by atoms with E-state index in [9.17, 15) is 14.4 Å². The first-order valence-electron chi connectivity index (χ1n) is 11.4.